The smallest absolute Gasteiger partial charge is 0.315 e. The minimum atomic E-state index is -0.161. The molecular weight excluding hydrogens is 248 g/mol. The Balaban J connectivity index is 1.67. The number of amides is 2. The van der Waals surface area contributed by atoms with Crippen LogP contribution >= 0.6 is 0 Å². The molecule has 0 saturated carbocycles. The molecular formula is C17H18N2O. The van der Waals surface area contributed by atoms with Crippen molar-refractivity contribution in [3.63, 3.8) is 0 Å². The van der Waals surface area contributed by atoms with Crippen LogP contribution in [-0.4, -0.2) is 12.6 Å². The monoisotopic (exact) mass is 266 g/mol. The van der Waals surface area contributed by atoms with Gasteiger partial charge in [0.2, 0.25) is 0 Å². The van der Waals surface area contributed by atoms with Gasteiger partial charge in [0.05, 0.1) is 0 Å². The van der Waals surface area contributed by atoms with Crippen LogP contribution in [0.5, 0.6) is 0 Å². The lowest BCUT2D eigenvalue weighted by Crippen LogP contribution is -2.34. The predicted molar refractivity (Wildman–Crippen MR) is 82.2 cm³/mol. The third-order valence-electron chi connectivity index (χ3n) is 2.79. The van der Waals surface area contributed by atoms with Crippen molar-refractivity contribution in [3.05, 3.63) is 77.9 Å². The summed E-state index contributed by atoms with van der Waals surface area (Å²) in [5.41, 5.74) is 2.21. The molecule has 0 fully saturated rings. The van der Waals surface area contributed by atoms with Crippen molar-refractivity contribution in [2.24, 2.45) is 0 Å². The Morgan fingerprint density at radius 2 is 1.55 bits per heavy atom. The van der Waals surface area contributed by atoms with E-state index < -0.39 is 0 Å². The minimum Gasteiger partial charge on any atom is -0.335 e. The third kappa shape index (κ3) is 4.98. The molecule has 0 bridgehead atoms. The fourth-order valence-electron chi connectivity index (χ4n) is 1.75. The molecule has 0 aromatic heterocycles. The molecule has 0 radical (unpaired) electrons. The van der Waals surface area contributed by atoms with Gasteiger partial charge in [0.15, 0.2) is 0 Å². The average Bonchev–Trinajstić information content (AvgIpc) is 2.52. The van der Waals surface area contributed by atoms with Gasteiger partial charge < -0.3 is 10.6 Å². The van der Waals surface area contributed by atoms with Gasteiger partial charge in [-0.25, -0.2) is 4.79 Å². The molecule has 3 nitrogen and oxygen atoms in total. The summed E-state index contributed by atoms with van der Waals surface area (Å²) in [5, 5.41) is 5.60. The van der Waals surface area contributed by atoms with Crippen LogP contribution in [0.1, 0.15) is 11.1 Å². The molecule has 0 heterocycles. The Kier molecular flexibility index (Phi) is 5.40. The lowest BCUT2D eigenvalue weighted by Gasteiger charge is -2.05. The molecule has 0 atom stereocenters. The average molecular weight is 266 g/mol. The maximum Gasteiger partial charge on any atom is 0.315 e. The van der Waals surface area contributed by atoms with Crippen molar-refractivity contribution in [2.75, 3.05) is 6.54 Å². The van der Waals surface area contributed by atoms with Crippen LogP contribution in [0.25, 0.3) is 6.08 Å². The Morgan fingerprint density at radius 3 is 2.25 bits per heavy atom. The molecule has 0 aliphatic heterocycles. The van der Waals surface area contributed by atoms with Gasteiger partial charge in [0.25, 0.3) is 0 Å². The van der Waals surface area contributed by atoms with Crippen molar-refractivity contribution in [3.8, 4) is 0 Å². The van der Waals surface area contributed by atoms with Crippen LogP contribution in [0.3, 0.4) is 0 Å². The van der Waals surface area contributed by atoms with Gasteiger partial charge in [-0.05, 0) is 11.1 Å². The summed E-state index contributed by atoms with van der Waals surface area (Å²) >= 11 is 0. The van der Waals surface area contributed by atoms with E-state index in [-0.39, 0.29) is 6.03 Å². The van der Waals surface area contributed by atoms with E-state index in [0.717, 1.165) is 11.1 Å². The van der Waals surface area contributed by atoms with Crippen molar-refractivity contribution < 1.29 is 4.79 Å². The zero-order valence-corrected chi connectivity index (χ0v) is 11.3. The largest absolute Gasteiger partial charge is 0.335 e. The van der Waals surface area contributed by atoms with Crippen molar-refractivity contribution in [1.29, 1.82) is 0 Å². The fourth-order valence-corrected chi connectivity index (χ4v) is 1.75. The van der Waals surface area contributed by atoms with E-state index in [1.807, 2.05) is 72.8 Å². The highest BCUT2D eigenvalue weighted by Crippen LogP contribution is 2.00. The summed E-state index contributed by atoms with van der Waals surface area (Å²) in [7, 11) is 0. The second kappa shape index (κ2) is 7.79. The van der Waals surface area contributed by atoms with E-state index in [9.17, 15) is 4.79 Å². The van der Waals surface area contributed by atoms with Crippen molar-refractivity contribution in [1.82, 2.24) is 10.6 Å². The number of urea groups is 1. The normalized spacial score (nSPS) is 10.4. The number of hydrogen-bond donors (Lipinski definition) is 2. The van der Waals surface area contributed by atoms with E-state index in [1.165, 1.54) is 0 Å². The molecule has 0 spiro atoms. The van der Waals surface area contributed by atoms with Crippen molar-refractivity contribution in [2.45, 2.75) is 6.54 Å². The second-order valence-electron chi connectivity index (χ2n) is 4.36. The van der Waals surface area contributed by atoms with Crippen LogP contribution in [0.2, 0.25) is 0 Å². The Hall–Kier alpha value is -2.55. The molecule has 2 amide bonds. The number of carbonyl (C=O) groups is 1. The predicted octanol–water partition coefficient (Wildman–Crippen LogP) is 3.20. The van der Waals surface area contributed by atoms with Gasteiger partial charge in [-0.3, -0.25) is 0 Å². The Labute approximate surface area is 119 Å². The molecule has 2 aromatic carbocycles. The highest BCUT2D eigenvalue weighted by molar-refractivity contribution is 5.74. The van der Waals surface area contributed by atoms with E-state index >= 15 is 0 Å². The molecule has 20 heavy (non-hydrogen) atoms. The van der Waals surface area contributed by atoms with Crippen LogP contribution in [0.15, 0.2) is 66.7 Å². The van der Waals surface area contributed by atoms with Gasteiger partial charge in [-0.2, -0.15) is 0 Å². The van der Waals surface area contributed by atoms with Crippen LogP contribution < -0.4 is 10.6 Å². The van der Waals surface area contributed by atoms with Crippen LogP contribution in [0, 0.1) is 0 Å². The Morgan fingerprint density at radius 1 is 0.900 bits per heavy atom. The third-order valence-corrected chi connectivity index (χ3v) is 2.79. The molecule has 0 unspecified atom stereocenters. The van der Waals surface area contributed by atoms with Gasteiger partial charge in [-0.1, -0.05) is 72.8 Å². The first-order valence-electron chi connectivity index (χ1n) is 6.62. The fraction of sp³-hybridized carbons (Fsp3) is 0.118. The van der Waals surface area contributed by atoms with E-state index in [0.29, 0.717) is 13.1 Å². The zero-order valence-electron chi connectivity index (χ0n) is 11.3. The van der Waals surface area contributed by atoms with Crippen LogP contribution in [-0.2, 0) is 6.54 Å². The van der Waals surface area contributed by atoms with Gasteiger partial charge >= 0.3 is 6.03 Å². The standard InChI is InChI=1S/C17H18N2O/c20-17(19-14-16-10-5-2-6-11-16)18-13-7-12-15-8-3-1-4-9-15/h1-12H,13-14H2,(H2,18,19,20)/b12-7+. The molecule has 0 aliphatic carbocycles. The molecule has 2 aromatic rings. The summed E-state index contributed by atoms with van der Waals surface area (Å²) in [6.07, 6.45) is 3.91. The number of hydrogen-bond acceptors (Lipinski definition) is 1. The summed E-state index contributed by atoms with van der Waals surface area (Å²) in [5.74, 6) is 0. The molecule has 2 N–H and O–H groups in total. The van der Waals surface area contributed by atoms with E-state index in [2.05, 4.69) is 10.6 Å². The minimum absolute atomic E-state index is 0.161. The summed E-state index contributed by atoms with van der Waals surface area (Å²) in [4.78, 5) is 11.6. The summed E-state index contributed by atoms with van der Waals surface area (Å²) in [6.45, 7) is 1.05. The van der Waals surface area contributed by atoms with Gasteiger partial charge in [-0.15, -0.1) is 0 Å². The zero-order chi connectivity index (χ0) is 14.0. The molecule has 102 valence electrons. The van der Waals surface area contributed by atoms with Gasteiger partial charge in [0.1, 0.15) is 0 Å². The number of rotatable bonds is 5. The highest BCUT2D eigenvalue weighted by Gasteiger charge is 1.97. The number of benzene rings is 2. The van der Waals surface area contributed by atoms with E-state index in [1.54, 1.807) is 0 Å². The molecule has 0 aliphatic rings. The lowest BCUT2D eigenvalue weighted by atomic mass is 10.2. The maximum absolute atomic E-state index is 11.6. The van der Waals surface area contributed by atoms with E-state index in [4.69, 9.17) is 0 Å². The second-order valence-corrected chi connectivity index (χ2v) is 4.36. The quantitative estimate of drug-likeness (QED) is 0.857. The Bertz CT molecular complexity index is 550. The highest BCUT2D eigenvalue weighted by atomic mass is 16.2. The molecule has 0 saturated heterocycles. The first kappa shape index (κ1) is 13.9. The topological polar surface area (TPSA) is 41.1 Å². The lowest BCUT2D eigenvalue weighted by molar-refractivity contribution is 0.241. The first-order chi connectivity index (χ1) is 9.84. The SMILES string of the molecule is O=C(NC/C=C/c1ccccc1)NCc1ccccc1. The maximum atomic E-state index is 11.6. The van der Waals surface area contributed by atoms with Gasteiger partial charge in [0, 0.05) is 13.1 Å². The number of nitrogens with one attached hydrogen (secondary N) is 2. The molecule has 2 rings (SSSR count). The van der Waals surface area contributed by atoms with Crippen molar-refractivity contribution >= 4 is 12.1 Å². The molecule has 3 heteroatoms. The summed E-state index contributed by atoms with van der Waals surface area (Å²) < 4.78 is 0. The van der Waals surface area contributed by atoms with Crippen LogP contribution in [0.4, 0.5) is 4.79 Å². The number of carbonyl (C=O) groups excluding carboxylic acids is 1. The summed E-state index contributed by atoms with van der Waals surface area (Å²) in [6, 6.07) is 19.7. The first-order valence-corrected chi connectivity index (χ1v) is 6.62.